The van der Waals surface area contributed by atoms with Gasteiger partial charge in [0.15, 0.2) is 0 Å². The summed E-state index contributed by atoms with van der Waals surface area (Å²) in [5.41, 5.74) is 0. The monoisotopic (exact) mass is 240 g/mol. The molecule has 0 bridgehead atoms. The van der Waals surface area contributed by atoms with E-state index in [0.717, 1.165) is 17.5 Å². The lowest BCUT2D eigenvalue weighted by molar-refractivity contribution is 0.139. The van der Waals surface area contributed by atoms with Gasteiger partial charge in [0, 0.05) is 34.4 Å². The summed E-state index contributed by atoms with van der Waals surface area (Å²) in [5, 5.41) is 0. The van der Waals surface area contributed by atoms with Crippen molar-refractivity contribution in [3.05, 3.63) is 11.9 Å². The van der Waals surface area contributed by atoms with Gasteiger partial charge in [-0.3, -0.25) is 0 Å². The number of aryl methyl sites for hydroxylation is 1. The first-order chi connectivity index (χ1) is 8.08. The third kappa shape index (κ3) is 3.83. The van der Waals surface area contributed by atoms with Crippen molar-refractivity contribution >= 4 is 11.6 Å². The molecule has 96 valence electrons. The third-order valence-corrected chi connectivity index (χ3v) is 2.16. The molecule has 17 heavy (non-hydrogen) atoms. The molecule has 0 atom stereocenters. The molecular formula is C11H20N4O2. The van der Waals surface area contributed by atoms with E-state index in [-0.39, 0.29) is 0 Å². The van der Waals surface area contributed by atoms with Gasteiger partial charge in [-0.25, -0.2) is 9.97 Å². The second kappa shape index (κ2) is 6.36. The predicted octanol–water partition coefficient (Wildman–Crippen LogP) is 0.865. The van der Waals surface area contributed by atoms with Gasteiger partial charge in [0.2, 0.25) is 0 Å². The maximum absolute atomic E-state index is 5.12. The molecule has 6 nitrogen and oxygen atoms in total. The van der Waals surface area contributed by atoms with Crippen LogP contribution in [0.2, 0.25) is 0 Å². The minimum absolute atomic E-state index is 0.428. The number of anilines is 2. The van der Waals surface area contributed by atoms with E-state index in [1.807, 2.05) is 36.9 Å². The Kier molecular flexibility index (Phi) is 5.11. The number of ether oxygens (including phenoxy) is 2. The zero-order chi connectivity index (χ0) is 12.8. The molecule has 0 amide bonds. The highest BCUT2D eigenvalue weighted by Crippen LogP contribution is 2.17. The van der Waals surface area contributed by atoms with Crippen molar-refractivity contribution in [2.24, 2.45) is 0 Å². The van der Waals surface area contributed by atoms with Crippen molar-refractivity contribution in [2.75, 3.05) is 51.6 Å². The van der Waals surface area contributed by atoms with E-state index in [1.54, 1.807) is 14.2 Å². The normalized spacial score (nSPS) is 10.4. The molecule has 0 aromatic carbocycles. The van der Waals surface area contributed by atoms with Crippen LogP contribution in [0.3, 0.4) is 0 Å². The number of methoxy groups -OCH3 is 2. The van der Waals surface area contributed by atoms with Gasteiger partial charge in [-0.15, -0.1) is 0 Å². The fourth-order valence-electron chi connectivity index (χ4n) is 1.41. The average Bonchev–Trinajstić information content (AvgIpc) is 2.28. The molecule has 0 spiro atoms. The molecule has 0 aliphatic rings. The molecule has 0 N–H and O–H groups in total. The quantitative estimate of drug-likeness (QED) is 0.688. The highest BCUT2D eigenvalue weighted by atomic mass is 16.5. The summed E-state index contributed by atoms with van der Waals surface area (Å²) in [6.45, 7) is 2.72. The molecule has 0 unspecified atom stereocenters. The lowest BCUT2D eigenvalue weighted by Crippen LogP contribution is -2.29. The van der Waals surface area contributed by atoms with Crippen LogP contribution in [0.5, 0.6) is 0 Å². The molecule has 1 heterocycles. The van der Waals surface area contributed by atoms with E-state index < -0.39 is 0 Å². The van der Waals surface area contributed by atoms with Gasteiger partial charge in [-0.1, -0.05) is 0 Å². The first kappa shape index (κ1) is 13.7. The Bertz CT molecular complexity index is 351. The first-order valence-electron chi connectivity index (χ1n) is 5.34. The van der Waals surface area contributed by atoms with Gasteiger partial charge in [-0.05, 0) is 6.92 Å². The van der Waals surface area contributed by atoms with Crippen molar-refractivity contribution in [1.82, 2.24) is 9.97 Å². The molecule has 0 saturated heterocycles. The van der Waals surface area contributed by atoms with Crippen LogP contribution in [0.25, 0.3) is 0 Å². The molecule has 0 saturated carbocycles. The predicted molar refractivity (Wildman–Crippen MR) is 67.3 cm³/mol. The molecular weight excluding hydrogens is 220 g/mol. The van der Waals surface area contributed by atoms with Crippen molar-refractivity contribution in [1.29, 1.82) is 0 Å². The Morgan fingerprint density at radius 1 is 1.06 bits per heavy atom. The Hall–Kier alpha value is -1.40. The van der Waals surface area contributed by atoms with E-state index in [0.29, 0.717) is 13.5 Å². The summed E-state index contributed by atoms with van der Waals surface area (Å²) < 4.78 is 10.2. The summed E-state index contributed by atoms with van der Waals surface area (Å²) in [4.78, 5) is 12.6. The number of hydrogen-bond donors (Lipinski definition) is 0. The van der Waals surface area contributed by atoms with E-state index in [9.17, 15) is 0 Å². The molecule has 0 fully saturated rings. The van der Waals surface area contributed by atoms with E-state index in [1.165, 1.54) is 0 Å². The molecule has 1 rings (SSSR count). The van der Waals surface area contributed by atoms with Crippen LogP contribution in [-0.4, -0.2) is 51.7 Å². The zero-order valence-electron chi connectivity index (χ0n) is 11.1. The minimum atomic E-state index is 0.428. The highest BCUT2D eigenvalue weighted by Gasteiger charge is 2.10. The lowest BCUT2D eigenvalue weighted by Gasteiger charge is -2.23. The topological polar surface area (TPSA) is 50.7 Å². The zero-order valence-corrected chi connectivity index (χ0v) is 11.1. The fraction of sp³-hybridized carbons (Fsp3) is 0.636. The Morgan fingerprint density at radius 3 is 2.06 bits per heavy atom. The van der Waals surface area contributed by atoms with Gasteiger partial charge in [0.25, 0.3) is 0 Å². The fourth-order valence-corrected chi connectivity index (χ4v) is 1.41. The van der Waals surface area contributed by atoms with E-state index in [2.05, 4.69) is 9.97 Å². The molecule has 6 heteroatoms. The Labute approximate surface area is 102 Å². The van der Waals surface area contributed by atoms with Crippen LogP contribution >= 0.6 is 0 Å². The van der Waals surface area contributed by atoms with Crippen molar-refractivity contribution in [3.8, 4) is 0 Å². The molecule has 0 aliphatic carbocycles. The molecule has 1 aromatic heterocycles. The maximum Gasteiger partial charge on any atom is 0.138 e. The molecule has 1 aromatic rings. The van der Waals surface area contributed by atoms with E-state index >= 15 is 0 Å². The Balaban J connectivity index is 3.00. The van der Waals surface area contributed by atoms with Crippen LogP contribution < -0.4 is 9.80 Å². The third-order valence-electron chi connectivity index (χ3n) is 2.16. The first-order valence-corrected chi connectivity index (χ1v) is 5.34. The Morgan fingerprint density at radius 2 is 1.59 bits per heavy atom. The summed E-state index contributed by atoms with van der Waals surface area (Å²) in [5.74, 6) is 2.39. The van der Waals surface area contributed by atoms with Crippen LogP contribution in [0.15, 0.2) is 6.07 Å². The van der Waals surface area contributed by atoms with Gasteiger partial charge in [0.05, 0.1) is 0 Å². The van der Waals surface area contributed by atoms with Crippen molar-refractivity contribution in [2.45, 2.75) is 6.92 Å². The smallest absolute Gasteiger partial charge is 0.138 e. The van der Waals surface area contributed by atoms with Crippen LogP contribution in [0.4, 0.5) is 11.6 Å². The van der Waals surface area contributed by atoms with Gasteiger partial charge < -0.3 is 19.3 Å². The SMILES string of the molecule is COCN(COC)c1cc(N(C)C)nc(C)n1. The highest BCUT2D eigenvalue weighted by molar-refractivity contribution is 5.49. The number of hydrogen-bond acceptors (Lipinski definition) is 6. The van der Waals surface area contributed by atoms with Crippen molar-refractivity contribution < 1.29 is 9.47 Å². The minimum Gasteiger partial charge on any atom is -0.364 e. The number of aromatic nitrogens is 2. The van der Waals surface area contributed by atoms with Crippen LogP contribution in [0, 0.1) is 6.92 Å². The maximum atomic E-state index is 5.12. The number of rotatable bonds is 6. The largest absolute Gasteiger partial charge is 0.364 e. The summed E-state index contributed by atoms with van der Waals surface area (Å²) in [6, 6.07) is 1.91. The van der Waals surface area contributed by atoms with Crippen LogP contribution in [-0.2, 0) is 9.47 Å². The average molecular weight is 240 g/mol. The second-order valence-electron chi connectivity index (χ2n) is 3.90. The molecule has 0 aliphatic heterocycles. The van der Waals surface area contributed by atoms with Gasteiger partial charge >= 0.3 is 0 Å². The summed E-state index contributed by atoms with van der Waals surface area (Å²) in [7, 11) is 7.18. The number of nitrogens with zero attached hydrogens (tertiary/aromatic N) is 4. The van der Waals surface area contributed by atoms with Crippen LogP contribution in [0.1, 0.15) is 5.82 Å². The standard InChI is InChI=1S/C11H20N4O2/c1-9-12-10(14(2)3)6-11(13-9)15(7-16-4)8-17-5/h6H,7-8H2,1-5H3. The summed E-state index contributed by atoms with van der Waals surface area (Å²) in [6.07, 6.45) is 0. The van der Waals surface area contributed by atoms with Crippen molar-refractivity contribution in [3.63, 3.8) is 0 Å². The summed E-state index contributed by atoms with van der Waals surface area (Å²) >= 11 is 0. The lowest BCUT2D eigenvalue weighted by atomic mass is 10.4. The van der Waals surface area contributed by atoms with E-state index in [4.69, 9.17) is 9.47 Å². The van der Waals surface area contributed by atoms with Gasteiger partial charge in [-0.2, -0.15) is 0 Å². The van der Waals surface area contributed by atoms with Gasteiger partial charge in [0.1, 0.15) is 30.9 Å². The molecule has 0 radical (unpaired) electrons. The second-order valence-corrected chi connectivity index (χ2v) is 3.90.